The second kappa shape index (κ2) is 5.98. The van der Waals surface area contributed by atoms with Crippen LogP contribution in [0.3, 0.4) is 0 Å². The van der Waals surface area contributed by atoms with Crippen LogP contribution in [0.2, 0.25) is 0 Å². The molecule has 0 N–H and O–H groups in total. The van der Waals surface area contributed by atoms with Crippen molar-refractivity contribution in [1.82, 2.24) is 4.90 Å². The predicted molar refractivity (Wildman–Crippen MR) is 64.0 cm³/mol. The molecule has 0 aromatic carbocycles. The Kier molecular flexibility index (Phi) is 4.34. The molecular weight excluding hydrogens is 218 g/mol. The van der Waals surface area contributed by atoms with Gasteiger partial charge in [-0.3, -0.25) is 9.69 Å². The van der Waals surface area contributed by atoms with Gasteiger partial charge >= 0.3 is 0 Å². The van der Waals surface area contributed by atoms with E-state index in [9.17, 15) is 4.79 Å². The zero-order valence-corrected chi connectivity index (χ0v) is 10.2. The summed E-state index contributed by atoms with van der Waals surface area (Å²) < 4.78 is 11.0. The van der Waals surface area contributed by atoms with Crippen molar-refractivity contribution in [3.63, 3.8) is 0 Å². The number of aldehydes is 1. The van der Waals surface area contributed by atoms with Gasteiger partial charge in [0.2, 0.25) is 0 Å². The maximum atomic E-state index is 10.5. The van der Waals surface area contributed by atoms with Crippen molar-refractivity contribution in [2.24, 2.45) is 0 Å². The maximum absolute atomic E-state index is 10.5. The molecule has 1 aromatic rings. The minimum atomic E-state index is 0.357. The van der Waals surface area contributed by atoms with E-state index in [-0.39, 0.29) is 0 Å². The lowest BCUT2D eigenvalue weighted by molar-refractivity contribution is 0.0701. The van der Waals surface area contributed by atoms with E-state index in [2.05, 4.69) is 11.8 Å². The number of rotatable bonds is 6. The maximum Gasteiger partial charge on any atom is 0.185 e. The van der Waals surface area contributed by atoms with Crippen LogP contribution in [0.1, 0.15) is 36.1 Å². The van der Waals surface area contributed by atoms with Crippen LogP contribution in [0.4, 0.5) is 0 Å². The summed E-state index contributed by atoms with van der Waals surface area (Å²) in [4.78, 5) is 12.8. The molecule has 0 amide bonds. The highest BCUT2D eigenvalue weighted by molar-refractivity contribution is 5.70. The third kappa shape index (κ3) is 3.41. The quantitative estimate of drug-likeness (QED) is 0.710. The first-order chi connectivity index (χ1) is 8.31. The average molecular weight is 237 g/mol. The highest BCUT2D eigenvalue weighted by Gasteiger charge is 2.19. The van der Waals surface area contributed by atoms with E-state index < -0.39 is 0 Å². The molecule has 0 spiro atoms. The van der Waals surface area contributed by atoms with E-state index >= 15 is 0 Å². The fourth-order valence-electron chi connectivity index (χ4n) is 2.14. The lowest BCUT2D eigenvalue weighted by Gasteiger charge is -2.22. The number of carbonyl (C=O) groups is 1. The van der Waals surface area contributed by atoms with E-state index in [0.29, 0.717) is 11.9 Å². The van der Waals surface area contributed by atoms with Gasteiger partial charge in [0, 0.05) is 13.2 Å². The molecule has 2 heterocycles. The van der Waals surface area contributed by atoms with Crippen LogP contribution in [0.15, 0.2) is 16.5 Å². The molecule has 1 aliphatic heterocycles. The number of nitrogens with zero attached hydrogens (tertiary/aromatic N) is 1. The largest absolute Gasteiger partial charge is 0.457 e. The molecule has 4 nitrogen and oxygen atoms in total. The van der Waals surface area contributed by atoms with Gasteiger partial charge in [0.05, 0.1) is 12.6 Å². The minimum absolute atomic E-state index is 0.357. The van der Waals surface area contributed by atoms with Crippen molar-refractivity contribution < 1.29 is 13.9 Å². The number of hydrogen-bond donors (Lipinski definition) is 0. The summed E-state index contributed by atoms with van der Waals surface area (Å²) in [5.74, 6) is 1.24. The molecule has 1 aliphatic rings. The van der Waals surface area contributed by atoms with Gasteiger partial charge in [-0.05, 0) is 31.5 Å². The number of hydrogen-bond acceptors (Lipinski definition) is 4. The monoisotopic (exact) mass is 237 g/mol. The summed E-state index contributed by atoms with van der Waals surface area (Å²) in [5, 5.41) is 0. The summed E-state index contributed by atoms with van der Waals surface area (Å²) in [6.45, 7) is 5.64. The van der Waals surface area contributed by atoms with E-state index in [0.717, 1.165) is 51.1 Å². The Morgan fingerprint density at radius 3 is 3.00 bits per heavy atom. The Hall–Kier alpha value is -1.13. The van der Waals surface area contributed by atoms with Gasteiger partial charge < -0.3 is 9.15 Å². The first kappa shape index (κ1) is 12.3. The van der Waals surface area contributed by atoms with Gasteiger partial charge in [-0.25, -0.2) is 0 Å². The van der Waals surface area contributed by atoms with Gasteiger partial charge in [-0.2, -0.15) is 0 Å². The predicted octanol–water partition coefficient (Wildman–Crippen LogP) is 2.09. The van der Waals surface area contributed by atoms with E-state index in [4.69, 9.17) is 9.15 Å². The standard InChI is InChI=1S/C13H19NO3/c1-2-14(8-11-4-3-7-16-11)9-12-5-6-13(10-15)17-12/h5-6,10-11H,2-4,7-9H2,1H3. The topological polar surface area (TPSA) is 42.7 Å². The van der Waals surface area contributed by atoms with Crippen molar-refractivity contribution in [3.05, 3.63) is 23.7 Å². The Morgan fingerprint density at radius 2 is 2.41 bits per heavy atom. The Morgan fingerprint density at radius 1 is 1.53 bits per heavy atom. The molecule has 1 unspecified atom stereocenters. The van der Waals surface area contributed by atoms with Crippen LogP contribution < -0.4 is 0 Å². The Bertz CT molecular complexity index is 355. The molecular formula is C13H19NO3. The summed E-state index contributed by atoms with van der Waals surface area (Å²) in [6.07, 6.45) is 3.40. The van der Waals surface area contributed by atoms with Gasteiger partial charge in [0.1, 0.15) is 5.76 Å². The van der Waals surface area contributed by atoms with E-state index in [1.54, 1.807) is 6.07 Å². The van der Waals surface area contributed by atoms with Crippen molar-refractivity contribution in [3.8, 4) is 0 Å². The van der Waals surface area contributed by atoms with Crippen molar-refractivity contribution in [2.45, 2.75) is 32.4 Å². The first-order valence-corrected chi connectivity index (χ1v) is 6.19. The van der Waals surface area contributed by atoms with Gasteiger partial charge in [-0.1, -0.05) is 6.92 Å². The third-order valence-electron chi connectivity index (χ3n) is 3.11. The fraction of sp³-hybridized carbons (Fsp3) is 0.615. The number of ether oxygens (including phenoxy) is 1. The number of furan rings is 1. The zero-order chi connectivity index (χ0) is 12.1. The lowest BCUT2D eigenvalue weighted by atomic mass is 10.2. The molecule has 0 bridgehead atoms. The molecule has 2 rings (SSSR count). The number of likely N-dealkylation sites (N-methyl/N-ethyl adjacent to an activating group) is 1. The van der Waals surface area contributed by atoms with Crippen LogP contribution in [-0.4, -0.2) is 37.0 Å². The third-order valence-corrected chi connectivity index (χ3v) is 3.11. The molecule has 0 radical (unpaired) electrons. The van der Waals surface area contributed by atoms with E-state index in [1.165, 1.54) is 0 Å². The van der Waals surface area contributed by atoms with Gasteiger partial charge in [-0.15, -0.1) is 0 Å². The summed E-state index contributed by atoms with van der Waals surface area (Å²) in [5.41, 5.74) is 0. The Balaban J connectivity index is 1.87. The normalized spacial score (nSPS) is 20.0. The van der Waals surface area contributed by atoms with Crippen molar-refractivity contribution in [1.29, 1.82) is 0 Å². The average Bonchev–Trinajstić information content (AvgIpc) is 2.99. The smallest absolute Gasteiger partial charge is 0.185 e. The first-order valence-electron chi connectivity index (χ1n) is 6.19. The van der Waals surface area contributed by atoms with Gasteiger partial charge in [0.25, 0.3) is 0 Å². The zero-order valence-electron chi connectivity index (χ0n) is 10.2. The highest BCUT2D eigenvalue weighted by Crippen LogP contribution is 2.15. The molecule has 1 atom stereocenters. The molecule has 0 aliphatic carbocycles. The van der Waals surface area contributed by atoms with Crippen LogP contribution in [0.25, 0.3) is 0 Å². The second-order valence-electron chi connectivity index (χ2n) is 4.38. The molecule has 0 saturated carbocycles. The van der Waals surface area contributed by atoms with Crippen LogP contribution in [0, 0.1) is 0 Å². The summed E-state index contributed by atoms with van der Waals surface area (Å²) >= 11 is 0. The molecule has 1 fully saturated rings. The molecule has 94 valence electrons. The van der Waals surface area contributed by atoms with E-state index in [1.807, 2.05) is 6.07 Å². The Labute approximate surface area is 102 Å². The molecule has 1 aromatic heterocycles. The van der Waals surface area contributed by atoms with Crippen LogP contribution in [0.5, 0.6) is 0 Å². The molecule has 17 heavy (non-hydrogen) atoms. The number of carbonyl (C=O) groups excluding carboxylic acids is 1. The highest BCUT2D eigenvalue weighted by atomic mass is 16.5. The van der Waals surface area contributed by atoms with Gasteiger partial charge in [0.15, 0.2) is 12.0 Å². The molecule has 4 heteroatoms. The second-order valence-corrected chi connectivity index (χ2v) is 4.38. The van der Waals surface area contributed by atoms with Crippen molar-refractivity contribution >= 4 is 6.29 Å². The fourth-order valence-corrected chi connectivity index (χ4v) is 2.14. The van der Waals surface area contributed by atoms with Crippen LogP contribution >= 0.6 is 0 Å². The SMILES string of the molecule is CCN(Cc1ccc(C=O)o1)CC1CCCO1. The minimum Gasteiger partial charge on any atom is -0.457 e. The lowest BCUT2D eigenvalue weighted by Crippen LogP contribution is -2.31. The summed E-state index contributed by atoms with van der Waals surface area (Å²) in [7, 11) is 0. The van der Waals surface area contributed by atoms with Crippen molar-refractivity contribution in [2.75, 3.05) is 19.7 Å². The molecule has 1 saturated heterocycles. The summed E-state index contributed by atoms with van der Waals surface area (Å²) in [6, 6.07) is 3.57. The van der Waals surface area contributed by atoms with Crippen LogP contribution in [-0.2, 0) is 11.3 Å².